The second kappa shape index (κ2) is 6.99. The Balaban J connectivity index is 2.96. The summed E-state index contributed by atoms with van der Waals surface area (Å²) in [5.41, 5.74) is 1.88. The third kappa shape index (κ3) is 4.90. The number of ketones is 1. The third-order valence-electron chi connectivity index (χ3n) is 3.39. The van der Waals surface area contributed by atoms with Gasteiger partial charge in [0.15, 0.2) is 17.9 Å². The number of rotatable bonds is 4. The van der Waals surface area contributed by atoms with Gasteiger partial charge < -0.3 is 9.35 Å². The number of carbonyl (C=O) groups is 1. The number of nitrogens with zero attached hydrogens (tertiary/aromatic N) is 4. The molecular formula is C12H26N4OSi2. The van der Waals surface area contributed by atoms with Crippen LogP contribution in [0.3, 0.4) is 0 Å². The monoisotopic (exact) mass is 298 g/mol. The van der Waals surface area contributed by atoms with Crippen molar-refractivity contribution in [1.29, 1.82) is 0 Å². The molecule has 0 aromatic heterocycles. The van der Waals surface area contributed by atoms with Crippen LogP contribution in [0.15, 0.2) is 10.2 Å². The number of hydrogen-bond acceptors (Lipinski definition) is 5. The molecule has 1 aliphatic rings. The molecule has 0 saturated heterocycles. The zero-order chi connectivity index (χ0) is 14.6. The molecule has 19 heavy (non-hydrogen) atoms. The van der Waals surface area contributed by atoms with Crippen LogP contribution in [0.4, 0.5) is 0 Å². The Bertz CT molecular complexity index is 393. The summed E-state index contributed by atoms with van der Waals surface area (Å²) in [7, 11) is 2.13. The number of Topliss-reactive ketones (excluding diaryl/α,β-unsaturated/α-hetero) is 1. The van der Waals surface area contributed by atoms with Gasteiger partial charge in [-0.15, -0.1) is 0 Å². The highest BCUT2D eigenvalue weighted by Crippen LogP contribution is 2.13. The summed E-state index contributed by atoms with van der Waals surface area (Å²) in [6, 6.07) is 0. The lowest BCUT2D eigenvalue weighted by atomic mass is 9.95. The Hall–Kier alpha value is -0.956. The van der Waals surface area contributed by atoms with Crippen LogP contribution >= 0.6 is 0 Å². The molecule has 0 aromatic rings. The van der Waals surface area contributed by atoms with Crippen molar-refractivity contribution >= 4 is 35.1 Å². The molecule has 1 saturated carbocycles. The third-order valence-corrected chi connectivity index (χ3v) is 6.61. The summed E-state index contributed by atoms with van der Waals surface area (Å²) in [5, 5.41) is 9.31. The molecule has 0 amide bonds. The maximum atomic E-state index is 11.6. The van der Waals surface area contributed by atoms with Crippen LogP contribution < -0.4 is 0 Å². The van der Waals surface area contributed by atoms with E-state index in [0.717, 1.165) is 17.8 Å². The molecule has 108 valence electrons. The first-order valence-electron chi connectivity index (χ1n) is 6.94. The van der Waals surface area contributed by atoms with Gasteiger partial charge in [0.1, 0.15) is 5.78 Å². The molecule has 0 N–H and O–H groups in total. The molecule has 0 aromatic carbocycles. The van der Waals surface area contributed by atoms with Gasteiger partial charge in [0.2, 0.25) is 0 Å². The summed E-state index contributed by atoms with van der Waals surface area (Å²) >= 11 is 0. The van der Waals surface area contributed by atoms with Crippen molar-refractivity contribution in [3.05, 3.63) is 0 Å². The Labute approximate surface area is 119 Å². The SMILES string of the molecule is CN(N=C1CCC(=O)CC1=NN(C)[SiH](C)C)[SiH](C)C. The van der Waals surface area contributed by atoms with E-state index in [-0.39, 0.29) is 5.78 Å². The predicted molar refractivity (Wildman–Crippen MR) is 87.0 cm³/mol. The van der Waals surface area contributed by atoms with E-state index in [0.29, 0.717) is 12.8 Å². The molecule has 0 atom stereocenters. The van der Waals surface area contributed by atoms with Gasteiger partial charge in [-0.25, -0.2) is 0 Å². The average molecular weight is 299 g/mol. The Morgan fingerprint density at radius 2 is 1.37 bits per heavy atom. The summed E-state index contributed by atoms with van der Waals surface area (Å²) < 4.78 is 4.11. The van der Waals surface area contributed by atoms with E-state index in [9.17, 15) is 4.79 Å². The Kier molecular flexibility index (Phi) is 5.93. The molecular weight excluding hydrogens is 272 g/mol. The highest BCUT2D eigenvalue weighted by Gasteiger charge is 2.23. The van der Waals surface area contributed by atoms with Gasteiger partial charge in [-0.2, -0.15) is 10.2 Å². The first kappa shape index (κ1) is 16.1. The molecule has 1 aliphatic carbocycles. The van der Waals surface area contributed by atoms with Gasteiger partial charge in [-0.1, -0.05) is 26.2 Å². The van der Waals surface area contributed by atoms with Crippen LogP contribution in [-0.4, -0.2) is 58.6 Å². The van der Waals surface area contributed by atoms with Crippen LogP contribution in [0.25, 0.3) is 0 Å². The molecule has 0 radical (unpaired) electrons. The van der Waals surface area contributed by atoms with E-state index in [1.807, 2.05) is 18.8 Å². The smallest absolute Gasteiger partial charge is 0.156 e. The van der Waals surface area contributed by atoms with E-state index in [1.54, 1.807) is 0 Å². The second-order valence-electron chi connectivity index (χ2n) is 5.64. The van der Waals surface area contributed by atoms with Crippen molar-refractivity contribution in [2.45, 2.75) is 45.5 Å². The fraction of sp³-hybridized carbons (Fsp3) is 0.750. The minimum Gasteiger partial charge on any atom is -0.331 e. The van der Waals surface area contributed by atoms with E-state index in [4.69, 9.17) is 0 Å². The zero-order valence-corrected chi connectivity index (χ0v) is 15.3. The van der Waals surface area contributed by atoms with E-state index < -0.39 is 17.9 Å². The molecule has 1 fully saturated rings. The molecule has 0 unspecified atom stereocenters. The maximum absolute atomic E-state index is 11.6. The van der Waals surface area contributed by atoms with E-state index in [1.165, 1.54) is 0 Å². The fourth-order valence-corrected chi connectivity index (χ4v) is 2.33. The summed E-state index contributed by atoms with van der Waals surface area (Å²) in [6.45, 7) is 8.92. The van der Waals surface area contributed by atoms with Crippen molar-refractivity contribution in [3.8, 4) is 0 Å². The molecule has 1 rings (SSSR count). The van der Waals surface area contributed by atoms with Crippen molar-refractivity contribution < 1.29 is 4.79 Å². The molecule has 7 heteroatoms. The van der Waals surface area contributed by atoms with Crippen LogP contribution in [-0.2, 0) is 4.79 Å². The molecule has 0 bridgehead atoms. The largest absolute Gasteiger partial charge is 0.331 e. The predicted octanol–water partition coefficient (Wildman–Crippen LogP) is 1.28. The lowest BCUT2D eigenvalue weighted by molar-refractivity contribution is -0.117. The van der Waals surface area contributed by atoms with Crippen LogP contribution in [0.5, 0.6) is 0 Å². The molecule has 0 spiro atoms. The fourth-order valence-electron chi connectivity index (χ4n) is 1.59. The summed E-state index contributed by atoms with van der Waals surface area (Å²) in [6.07, 6.45) is 1.78. The number of hydrazone groups is 2. The Morgan fingerprint density at radius 1 is 0.895 bits per heavy atom. The highest BCUT2D eigenvalue weighted by molar-refractivity contribution is 6.54. The van der Waals surface area contributed by atoms with Crippen LogP contribution in [0.2, 0.25) is 26.2 Å². The second-order valence-corrected chi connectivity index (χ2v) is 11.5. The first-order chi connectivity index (χ1) is 8.81. The minimum absolute atomic E-state index is 0.279. The van der Waals surface area contributed by atoms with Gasteiger partial charge in [0.05, 0.1) is 17.8 Å². The van der Waals surface area contributed by atoms with E-state index in [2.05, 4.69) is 41.1 Å². The van der Waals surface area contributed by atoms with Gasteiger partial charge in [0.25, 0.3) is 0 Å². The Morgan fingerprint density at radius 3 is 1.84 bits per heavy atom. The average Bonchev–Trinajstić information content (AvgIpc) is 2.32. The summed E-state index contributed by atoms with van der Waals surface area (Å²) in [5.74, 6) is 0.279. The van der Waals surface area contributed by atoms with Gasteiger partial charge in [-0.3, -0.25) is 4.79 Å². The summed E-state index contributed by atoms with van der Waals surface area (Å²) in [4.78, 5) is 11.6. The van der Waals surface area contributed by atoms with E-state index >= 15 is 0 Å². The van der Waals surface area contributed by atoms with Crippen molar-refractivity contribution in [2.24, 2.45) is 10.2 Å². The lowest BCUT2D eigenvalue weighted by Gasteiger charge is -2.24. The standard InChI is InChI=1S/C12H26N4OSi2/c1-15(18(3)4)13-11-8-7-10(17)9-12(11)14-16(2)19(5)6/h18-19H,7-9H2,1-6H3. The van der Waals surface area contributed by atoms with Gasteiger partial charge in [0, 0.05) is 26.9 Å². The molecule has 0 heterocycles. The van der Waals surface area contributed by atoms with Gasteiger partial charge >= 0.3 is 0 Å². The van der Waals surface area contributed by atoms with Crippen molar-refractivity contribution in [3.63, 3.8) is 0 Å². The normalized spacial score (nSPS) is 20.7. The number of hydrogen-bond donors (Lipinski definition) is 0. The highest BCUT2D eigenvalue weighted by atomic mass is 28.3. The lowest BCUT2D eigenvalue weighted by Crippen LogP contribution is -2.34. The first-order valence-corrected chi connectivity index (χ1v) is 12.6. The molecule has 0 aliphatic heterocycles. The topological polar surface area (TPSA) is 48.3 Å². The van der Waals surface area contributed by atoms with Gasteiger partial charge in [-0.05, 0) is 0 Å². The van der Waals surface area contributed by atoms with Crippen LogP contribution in [0.1, 0.15) is 19.3 Å². The minimum atomic E-state index is -0.964. The van der Waals surface area contributed by atoms with Crippen LogP contribution in [0, 0.1) is 0 Å². The quantitative estimate of drug-likeness (QED) is 0.580. The van der Waals surface area contributed by atoms with Crippen molar-refractivity contribution in [2.75, 3.05) is 14.1 Å². The maximum Gasteiger partial charge on any atom is 0.156 e. The van der Waals surface area contributed by atoms with Crippen molar-refractivity contribution in [1.82, 2.24) is 9.35 Å². The molecule has 5 nitrogen and oxygen atoms in total. The number of carbonyl (C=O) groups excluding carboxylic acids is 1. The zero-order valence-electron chi connectivity index (χ0n) is 13.0.